The predicted octanol–water partition coefficient (Wildman–Crippen LogP) is 10.4. The Morgan fingerprint density at radius 1 is 0.886 bits per heavy atom. The van der Waals surface area contributed by atoms with Gasteiger partial charge in [-0.25, -0.2) is 0 Å². The minimum absolute atomic E-state index is 0. The first-order valence-corrected chi connectivity index (χ1v) is 13.6. The molecule has 35 heavy (non-hydrogen) atoms. The summed E-state index contributed by atoms with van der Waals surface area (Å²) in [5.41, 5.74) is 4.91. The molecular formula is C33H43ClY-3. The van der Waals surface area contributed by atoms with E-state index in [9.17, 15) is 0 Å². The van der Waals surface area contributed by atoms with Crippen molar-refractivity contribution in [3.63, 3.8) is 0 Å². The van der Waals surface area contributed by atoms with Crippen molar-refractivity contribution in [2.45, 2.75) is 58.3 Å². The van der Waals surface area contributed by atoms with Crippen LogP contribution in [0.5, 0.6) is 0 Å². The summed E-state index contributed by atoms with van der Waals surface area (Å²) < 4.78 is 4.63. The molecule has 3 aromatic carbocycles. The van der Waals surface area contributed by atoms with Crippen LogP contribution in [0.2, 0.25) is 5.02 Å². The van der Waals surface area contributed by atoms with Gasteiger partial charge in [0, 0.05) is 10.4 Å². The molecule has 1 saturated carbocycles. The summed E-state index contributed by atoms with van der Waals surface area (Å²) >= 11 is 7.47. The maximum atomic E-state index is 6.62. The average Bonchev–Trinajstić information content (AvgIpc) is 2.81. The molecule has 0 N–H and O–H groups in total. The molecule has 1 fully saturated rings. The third-order valence-corrected chi connectivity index (χ3v) is 6.16. The molecule has 0 saturated heterocycles. The Morgan fingerprint density at radius 3 is 1.74 bits per heavy atom. The molecule has 0 heterocycles. The van der Waals surface area contributed by atoms with Crippen molar-refractivity contribution in [3.8, 4) is 3.09 Å². The number of hydrogen-bond acceptors (Lipinski definition) is 0. The van der Waals surface area contributed by atoms with Gasteiger partial charge in [0.05, 0.1) is 0 Å². The van der Waals surface area contributed by atoms with E-state index in [-0.39, 0.29) is 20.3 Å². The summed E-state index contributed by atoms with van der Waals surface area (Å²) in [4.78, 5) is 0. The number of allylic oxidation sites excluding steroid dienone is 1. The number of halogens is 1. The summed E-state index contributed by atoms with van der Waals surface area (Å²) in [5, 5.41) is 0.817. The Kier molecular flexibility index (Phi) is 20.1. The molecular weight excluding hydrogens is 521 g/mol. The molecule has 0 bridgehead atoms. The van der Waals surface area contributed by atoms with E-state index >= 15 is 0 Å². The third-order valence-electron chi connectivity index (χ3n) is 5.83. The van der Waals surface area contributed by atoms with E-state index in [2.05, 4.69) is 83.3 Å². The van der Waals surface area contributed by atoms with Gasteiger partial charge in [0.25, 0.3) is 0 Å². The molecule has 0 aliphatic heterocycles. The molecule has 188 valence electrons. The van der Waals surface area contributed by atoms with Crippen LogP contribution in [0.1, 0.15) is 75.1 Å². The molecule has 1 aliphatic rings. The molecule has 0 aromatic heterocycles. The predicted molar refractivity (Wildman–Crippen MR) is 156 cm³/mol. The van der Waals surface area contributed by atoms with Gasteiger partial charge in [0.2, 0.25) is 0 Å². The van der Waals surface area contributed by atoms with Gasteiger partial charge in [-0.1, -0.05) is 96.9 Å². The monoisotopic (exact) mass is 563 g/mol. The number of benzene rings is 3. The molecule has 4 rings (SSSR count). The van der Waals surface area contributed by atoms with Gasteiger partial charge in [-0.3, -0.25) is 0 Å². The molecule has 3 aromatic rings. The van der Waals surface area contributed by atoms with Crippen LogP contribution < -0.4 is 0 Å². The minimum atomic E-state index is -0.266. The molecule has 1 atom stereocenters. The van der Waals surface area contributed by atoms with Crippen molar-refractivity contribution in [2.24, 2.45) is 0 Å². The van der Waals surface area contributed by atoms with Gasteiger partial charge in [-0.15, -0.1) is 6.58 Å². The van der Waals surface area contributed by atoms with E-state index in [0.717, 1.165) is 46.7 Å². The molecule has 2 heteroatoms. The Morgan fingerprint density at radius 2 is 1.31 bits per heavy atom. The second-order valence-electron chi connectivity index (χ2n) is 8.21. The first kappa shape index (κ1) is 35.7. The van der Waals surface area contributed by atoms with Crippen molar-refractivity contribution in [1.29, 1.82) is 0 Å². The van der Waals surface area contributed by atoms with Crippen molar-refractivity contribution < 1.29 is 30.2 Å². The van der Waals surface area contributed by atoms with E-state index in [1.807, 2.05) is 39.3 Å². The van der Waals surface area contributed by atoms with Crippen LogP contribution in [0.25, 0.3) is 0 Å². The zero-order valence-electron chi connectivity index (χ0n) is 22.6. The van der Waals surface area contributed by atoms with Gasteiger partial charge < -0.3 is 21.3 Å². The molecule has 1 aliphatic carbocycles. The molecule has 1 unspecified atom stereocenters. The van der Waals surface area contributed by atoms with Crippen molar-refractivity contribution in [1.82, 2.24) is 0 Å². The fourth-order valence-corrected chi connectivity index (χ4v) is 4.27. The fourth-order valence-electron chi connectivity index (χ4n) is 3.95. The SMILES string of the molecule is C=CC.CC(c1ccccc1)(c1ccc(C2CCC2)cc1)c1ccccc1Cl.C[CH-]C.[CH3-].[CH3-].[CH]#[Y]. The van der Waals surface area contributed by atoms with Gasteiger partial charge in [-0.2, -0.15) is 13.8 Å². The van der Waals surface area contributed by atoms with Crippen molar-refractivity contribution in [2.75, 3.05) is 0 Å². The van der Waals surface area contributed by atoms with Crippen LogP contribution in [0, 0.1) is 24.4 Å². The van der Waals surface area contributed by atoms with Crippen LogP contribution in [0.15, 0.2) is 91.5 Å². The molecule has 0 nitrogen and oxygen atoms in total. The quantitative estimate of drug-likeness (QED) is 0.168. The normalized spacial score (nSPS) is 13.1. The molecule has 0 radical (unpaired) electrons. The Bertz CT molecular complexity index is 955. The average molecular weight is 564 g/mol. The first-order valence-electron chi connectivity index (χ1n) is 11.6. The second-order valence-corrected chi connectivity index (χ2v) is 8.61. The summed E-state index contributed by atoms with van der Waals surface area (Å²) in [6.45, 7) is 11.5. The van der Waals surface area contributed by atoms with Crippen LogP contribution in [-0.4, -0.2) is 0 Å². The second kappa shape index (κ2) is 19.7. The van der Waals surface area contributed by atoms with E-state index in [1.54, 1.807) is 6.08 Å². The maximum absolute atomic E-state index is 6.62. The van der Waals surface area contributed by atoms with E-state index in [4.69, 9.17) is 11.6 Å². The van der Waals surface area contributed by atoms with Crippen LogP contribution in [-0.2, 0) is 35.6 Å². The van der Waals surface area contributed by atoms with Crippen LogP contribution >= 0.6 is 11.6 Å². The van der Waals surface area contributed by atoms with Crippen molar-refractivity contribution >= 4 is 11.6 Å². The van der Waals surface area contributed by atoms with Gasteiger partial charge in [-0.05, 0) is 60.9 Å². The zero-order chi connectivity index (χ0) is 24.7. The summed E-state index contributed by atoms with van der Waals surface area (Å²) in [6.07, 6.45) is 7.79. The van der Waals surface area contributed by atoms with Crippen molar-refractivity contribution in [3.05, 3.63) is 140 Å². The van der Waals surface area contributed by atoms with E-state index < -0.39 is 0 Å². The topological polar surface area (TPSA) is 0 Å². The fraction of sp³-hybridized carbons (Fsp3) is 0.273. The zero-order valence-corrected chi connectivity index (χ0v) is 26.2. The first-order chi connectivity index (χ1) is 16.0. The van der Waals surface area contributed by atoms with Gasteiger partial charge in [0.15, 0.2) is 0 Å². The van der Waals surface area contributed by atoms with Gasteiger partial charge in [0.1, 0.15) is 0 Å². The summed E-state index contributed by atoms with van der Waals surface area (Å²) in [5.74, 6) is 0.761. The third kappa shape index (κ3) is 9.86. The Labute approximate surface area is 241 Å². The van der Waals surface area contributed by atoms with Gasteiger partial charge >= 0.3 is 33.3 Å². The number of rotatable bonds is 4. The Balaban J connectivity index is 0. The Hall–Kier alpha value is -1.43. The van der Waals surface area contributed by atoms with E-state index in [1.165, 1.54) is 36.0 Å². The van der Waals surface area contributed by atoms with Crippen LogP contribution in [0.3, 0.4) is 0 Å². The van der Waals surface area contributed by atoms with E-state index in [0.29, 0.717) is 0 Å². The molecule has 0 spiro atoms. The number of hydrogen-bond donors (Lipinski definition) is 0. The molecule has 0 amide bonds. The summed E-state index contributed by atoms with van der Waals surface area (Å²) in [7, 11) is 0. The van der Waals surface area contributed by atoms with Crippen LogP contribution in [0.4, 0.5) is 0 Å². The summed E-state index contributed by atoms with van der Waals surface area (Å²) in [6, 6.07) is 28.1. The standard InChI is InChI=1S/C24H23Cl.C3H7.C3H6.2CH3.CH.Y/c1-24(20-10-3-2-4-11-20,22-12-5-6-13-23(22)25)21-16-14-19(15-17-21)18-8-7-9-18;2*1-3-2;;;;/h2-6,10-18H,7-9H2,1H3;3H,1-2H3;3H,1H2,2H3;2*1H3;1H;/q;-1;;2*-1;;.